The summed E-state index contributed by atoms with van der Waals surface area (Å²) in [6.07, 6.45) is 2.77. The van der Waals surface area contributed by atoms with Gasteiger partial charge in [0, 0.05) is 31.6 Å². The molecule has 0 aliphatic carbocycles. The Bertz CT molecular complexity index is 447. The highest BCUT2D eigenvalue weighted by atomic mass is 16.4. The minimum atomic E-state index is 0.269. The standard InChI is InChI=1S/C17H31N3O/c1-7-13-8-19-16(21-13)11-20-10-15(17(4,5)6)18-9-14(20)12(2)3/h8,12,14-15,18H,7,9-11H2,1-6H3. The van der Waals surface area contributed by atoms with Crippen LogP contribution in [0.2, 0.25) is 0 Å². The van der Waals surface area contributed by atoms with Gasteiger partial charge in [-0.05, 0) is 11.3 Å². The third-order valence-corrected chi connectivity index (χ3v) is 4.56. The van der Waals surface area contributed by atoms with Gasteiger partial charge in [-0.1, -0.05) is 41.5 Å². The average molecular weight is 293 g/mol. The highest BCUT2D eigenvalue weighted by molar-refractivity contribution is 4.97. The zero-order chi connectivity index (χ0) is 15.6. The summed E-state index contributed by atoms with van der Waals surface area (Å²) in [5.74, 6) is 2.46. The van der Waals surface area contributed by atoms with Gasteiger partial charge in [-0.25, -0.2) is 4.98 Å². The first-order valence-corrected chi connectivity index (χ1v) is 8.22. The van der Waals surface area contributed by atoms with Crippen molar-refractivity contribution in [2.75, 3.05) is 13.1 Å². The predicted octanol–water partition coefficient (Wildman–Crippen LogP) is 3.08. The lowest BCUT2D eigenvalue weighted by atomic mass is 9.83. The Morgan fingerprint density at radius 1 is 1.43 bits per heavy atom. The van der Waals surface area contributed by atoms with E-state index in [9.17, 15) is 0 Å². The van der Waals surface area contributed by atoms with Crippen LogP contribution in [0.15, 0.2) is 10.6 Å². The third-order valence-electron chi connectivity index (χ3n) is 4.56. The molecule has 2 atom stereocenters. The summed E-state index contributed by atoms with van der Waals surface area (Å²) in [4.78, 5) is 6.98. The van der Waals surface area contributed by atoms with Gasteiger partial charge >= 0.3 is 0 Å². The molecule has 4 heteroatoms. The number of aryl methyl sites for hydroxylation is 1. The van der Waals surface area contributed by atoms with Crippen LogP contribution < -0.4 is 5.32 Å². The van der Waals surface area contributed by atoms with Crippen LogP contribution in [0.25, 0.3) is 0 Å². The van der Waals surface area contributed by atoms with E-state index in [0.717, 1.165) is 37.7 Å². The molecule has 0 amide bonds. The largest absolute Gasteiger partial charge is 0.444 e. The molecule has 1 saturated heterocycles. The van der Waals surface area contributed by atoms with Gasteiger partial charge in [0.25, 0.3) is 0 Å². The van der Waals surface area contributed by atoms with Crippen molar-refractivity contribution in [2.45, 2.75) is 66.6 Å². The maximum Gasteiger partial charge on any atom is 0.208 e. The second-order valence-electron chi connectivity index (χ2n) is 7.64. The quantitative estimate of drug-likeness (QED) is 0.926. The maximum atomic E-state index is 5.81. The van der Waals surface area contributed by atoms with E-state index in [1.165, 1.54) is 0 Å². The molecule has 1 N–H and O–H groups in total. The zero-order valence-electron chi connectivity index (χ0n) is 14.4. The molecule has 4 nitrogen and oxygen atoms in total. The topological polar surface area (TPSA) is 41.3 Å². The highest BCUT2D eigenvalue weighted by Gasteiger charge is 2.35. The summed E-state index contributed by atoms with van der Waals surface area (Å²) in [5.41, 5.74) is 0.269. The van der Waals surface area contributed by atoms with Crippen LogP contribution in [0.5, 0.6) is 0 Å². The molecule has 2 rings (SSSR count). The van der Waals surface area contributed by atoms with Gasteiger partial charge in [-0.15, -0.1) is 0 Å². The monoisotopic (exact) mass is 293 g/mol. The number of aromatic nitrogens is 1. The Morgan fingerprint density at radius 2 is 2.14 bits per heavy atom. The molecule has 0 saturated carbocycles. The van der Waals surface area contributed by atoms with Gasteiger partial charge in [0.2, 0.25) is 5.89 Å². The van der Waals surface area contributed by atoms with Crippen molar-refractivity contribution in [3.05, 3.63) is 17.8 Å². The SMILES string of the molecule is CCc1cnc(CN2CC(C(C)(C)C)NCC2C(C)C)o1. The van der Waals surface area contributed by atoms with Gasteiger partial charge < -0.3 is 9.73 Å². The fraction of sp³-hybridized carbons (Fsp3) is 0.824. The van der Waals surface area contributed by atoms with E-state index in [1.807, 2.05) is 6.20 Å². The molecule has 0 radical (unpaired) electrons. The van der Waals surface area contributed by atoms with Crippen molar-refractivity contribution in [2.24, 2.45) is 11.3 Å². The number of piperazine rings is 1. The Hall–Kier alpha value is -0.870. The van der Waals surface area contributed by atoms with Crippen LogP contribution in [-0.4, -0.2) is 35.1 Å². The average Bonchev–Trinajstić information content (AvgIpc) is 2.85. The van der Waals surface area contributed by atoms with Crippen molar-refractivity contribution in [3.63, 3.8) is 0 Å². The molecule has 0 bridgehead atoms. The fourth-order valence-electron chi connectivity index (χ4n) is 3.00. The second-order valence-corrected chi connectivity index (χ2v) is 7.64. The molecular formula is C17H31N3O. The van der Waals surface area contributed by atoms with E-state index in [0.29, 0.717) is 18.0 Å². The molecule has 21 heavy (non-hydrogen) atoms. The summed E-state index contributed by atoms with van der Waals surface area (Å²) in [6, 6.07) is 1.05. The molecule has 1 aliphatic rings. The first-order valence-electron chi connectivity index (χ1n) is 8.22. The van der Waals surface area contributed by atoms with Gasteiger partial charge in [0.15, 0.2) is 0 Å². The third kappa shape index (κ3) is 4.07. The van der Waals surface area contributed by atoms with E-state index < -0.39 is 0 Å². The van der Waals surface area contributed by atoms with Crippen molar-refractivity contribution < 1.29 is 4.42 Å². The molecule has 1 aromatic heterocycles. The van der Waals surface area contributed by atoms with Crippen molar-refractivity contribution >= 4 is 0 Å². The Balaban J connectivity index is 2.10. The highest BCUT2D eigenvalue weighted by Crippen LogP contribution is 2.26. The van der Waals surface area contributed by atoms with Gasteiger partial charge in [0.05, 0.1) is 12.7 Å². The number of rotatable bonds is 4. The first kappa shape index (κ1) is 16.5. The first-order chi connectivity index (χ1) is 9.81. The smallest absolute Gasteiger partial charge is 0.208 e. The van der Waals surface area contributed by atoms with E-state index >= 15 is 0 Å². The van der Waals surface area contributed by atoms with E-state index in [1.54, 1.807) is 0 Å². The molecule has 1 aliphatic heterocycles. The summed E-state index contributed by atoms with van der Waals surface area (Å²) in [7, 11) is 0. The number of nitrogens with one attached hydrogen (secondary N) is 1. The molecule has 1 fully saturated rings. The van der Waals surface area contributed by atoms with E-state index in [4.69, 9.17) is 4.42 Å². The second kappa shape index (κ2) is 6.49. The number of nitrogens with zero attached hydrogens (tertiary/aromatic N) is 2. The minimum Gasteiger partial charge on any atom is -0.444 e. The predicted molar refractivity (Wildman–Crippen MR) is 86.2 cm³/mol. The summed E-state index contributed by atoms with van der Waals surface area (Å²) < 4.78 is 5.81. The summed E-state index contributed by atoms with van der Waals surface area (Å²) in [5, 5.41) is 3.73. The van der Waals surface area contributed by atoms with Crippen molar-refractivity contribution in [1.82, 2.24) is 15.2 Å². The Kier molecular flexibility index (Phi) is 5.10. The molecule has 2 unspecified atom stereocenters. The summed E-state index contributed by atoms with van der Waals surface area (Å²) in [6.45, 7) is 16.5. The van der Waals surface area contributed by atoms with Crippen LogP contribution in [0.1, 0.15) is 53.2 Å². The van der Waals surface area contributed by atoms with Crippen LogP contribution in [-0.2, 0) is 13.0 Å². The van der Waals surface area contributed by atoms with E-state index in [2.05, 4.69) is 56.7 Å². The fourth-order valence-corrected chi connectivity index (χ4v) is 3.00. The number of hydrogen-bond donors (Lipinski definition) is 1. The van der Waals surface area contributed by atoms with Crippen LogP contribution in [0.3, 0.4) is 0 Å². The molecule has 0 aromatic carbocycles. The van der Waals surface area contributed by atoms with Crippen molar-refractivity contribution in [3.8, 4) is 0 Å². The zero-order valence-corrected chi connectivity index (χ0v) is 14.4. The summed E-state index contributed by atoms with van der Waals surface area (Å²) >= 11 is 0. The van der Waals surface area contributed by atoms with Gasteiger partial charge in [-0.2, -0.15) is 0 Å². The van der Waals surface area contributed by atoms with Gasteiger partial charge in [-0.3, -0.25) is 4.90 Å². The minimum absolute atomic E-state index is 0.269. The maximum absolute atomic E-state index is 5.81. The molecule has 2 heterocycles. The lowest BCUT2D eigenvalue weighted by Gasteiger charge is -2.46. The van der Waals surface area contributed by atoms with Crippen LogP contribution in [0, 0.1) is 11.3 Å². The van der Waals surface area contributed by atoms with Gasteiger partial charge in [0.1, 0.15) is 5.76 Å². The lowest BCUT2D eigenvalue weighted by Crippen LogP contribution is -2.61. The Labute approximate surface area is 129 Å². The lowest BCUT2D eigenvalue weighted by molar-refractivity contribution is 0.0506. The Morgan fingerprint density at radius 3 is 2.67 bits per heavy atom. The normalized spacial score (nSPS) is 24.7. The number of oxazole rings is 1. The molecule has 1 aromatic rings. The van der Waals surface area contributed by atoms with Crippen LogP contribution >= 0.6 is 0 Å². The number of hydrogen-bond acceptors (Lipinski definition) is 4. The molecule has 120 valence electrons. The van der Waals surface area contributed by atoms with Crippen LogP contribution in [0.4, 0.5) is 0 Å². The van der Waals surface area contributed by atoms with Crippen molar-refractivity contribution in [1.29, 1.82) is 0 Å². The molecular weight excluding hydrogens is 262 g/mol. The molecule has 0 spiro atoms. The van der Waals surface area contributed by atoms with E-state index in [-0.39, 0.29) is 5.41 Å².